The topological polar surface area (TPSA) is 93.2 Å². The first-order valence-corrected chi connectivity index (χ1v) is 6.73. The minimum absolute atomic E-state index is 0.0950. The van der Waals surface area contributed by atoms with E-state index in [1.807, 2.05) is 13.8 Å². The van der Waals surface area contributed by atoms with E-state index in [4.69, 9.17) is 5.73 Å². The third-order valence-corrected chi connectivity index (χ3v) is 3.62. The number of hydrogen-bond acceptors (Lipinski definition) is 5. The van der Waals surface area contributed by atoms with E-state index in [9.17, 15) is 9.59 Å². The summed E-state index contributed by atoms with van der Waals surface area (Å²) in [5.41, 5.74) is 6.49. The van der Waals surface area contributed by atoms with Crippen LogP contribution in [0, 0.1) is 6.92 Å². The van der Waals surface area contributed by atoms with Gasteiger partial charge < -0.3 is 10.6 Å². The molecular formula is C13H21N5O2. The second-order valence-corrected chi connectivity index (χ2v) is 5.57. The lowest BCUT2D eigenvalue weighted by atomic mass is 9.98. The molecule has 1 aromatic rings. The molecule has 1 fully saturated rings. The van der Waals surface area contributed by atoms with Crippen molar-refractivity contribution in [3.05, 3.63) is 5.69 Å². The molecule has 3 N–H and O–H groups in total. The molecule has 7 nitrogen and oxygen atoms in total. The number of piperazine rings is 1. The summed E-state index contributed by atoms with van der Waals surface area (Å²) in [6, 6.07) is 0. The zero-order valence-corrected chi connectivity index (χ0v) is 12.4. The fourth-order valence-electron chi connectivity index (χ4n) is 2.36. The molecule has 7 heteroatoms. The van der Waals surface area contributed by atoms with Crippen LogP contribution in [0.3, 0.4) is 0 Å². The van der Waals surface area contributed by atoms with E-state index in [0.717, 1.165) is 6.42 Å². The molecule has 0 radical (unpaired) electrons. The third kappa shape index (κ3) is 2.13. The Kier molecular flexibility index (Phi) is 3.45. The van der Waals surface area contributed by atoms with Gasteiger partial charge in [-0.3, -0.25) is 14.9 Å². The Morgan fingerprint density at radius 1 is 1.40 bits per heavy atom. The quantitative estimate of drug-likeness (QED) is 0.782. The third-order valence-electron chi connectivity index (χ3n) is 3.62. The van der Waals surface area contributed by atoms with Gasteiger partial charge in [-0.05, 0) is 27.2 Å². The molecule has 1 aliphatic rings. The molecule has 2 amide bonds. The highest BCUT2D eigenvalue weighted by atomic mass is 16.2. The van der Waals surface area contributed by atoms with Gasteiger partial charge in [-0.25, -0.2) is 4.68 Å². The normalized spacial score (nSPS) is 18.3. The number of aromatic nitrogens is 2. The lowest BCUT2D eigenvalue weighted by molar-refractivity contribution is -0.135. The molecule has 0 aliphatic carbocycles. The Morgan fingerprint density at radius 2 is 2.05 bits per heavy atom. The molecule has 2 rings (SSSR count). The van der Waals surface area contributed by atoms with E-state index in [-0.39, 0.29) is 18.4 Å². The zero-order valence-electron chi connectivity index (χ0n) is 12.4. The largest absolute Gasteiger partial charge is 0.394 e. The molecule has 2 heterocycles. The van der Waals surface area contributed by atoms with Gasteiger partial charge in [0.2, 0.25) is 5.91 Å². The van der Waals surface area contributed by atoms with Gasteiger partial charge in [0, 0.05) is 6.54 Å². The molecule has 0 saturated carbocycles. The molecule has 0 bridgehead atoms. The van der Waals surface area contributed by atoms with Crippen molar-refractivity contribution in [3.63, 3.8) is 0 Å². The molecule has 0 spiro atoms. The molecule has 20 heavy (non-hydrogen) atoms. The molecule has 1 aromatic heterocycles. The number of nitrogens with one attached hydrogen (secondary N) is 1. The first kappa shape index (κ1) is 14.4. The van der Waals surface area contributed by atoms with Crippen molar-refractivity contribution in [2.75, 3.05) is 17.2 Å². The van der Waals surface area contributed by atoms with Gasteiger partial charge in [-0.2, -0.15) is 5.10 Å². The molecule has 0 atom stereocenters. The van der Waals surface area contributed by atoms with Gasteiger partial charge in [0.05, 0.1) is 17.9 Å². The number of rotatable bonds is 3. The summed E-state index contributed by atoms with van der Waals surface area (Å²) in [7, 11) is 0. The number of amides is 2. The molecular weight excluding hydrogens is 258 g/mol. The van der Waals surface area contributed by atoms with Crippen LogP contribution in [0.2, 0.25) is 0 Å². The van der Waals surface area contributed by atoms with Crippen molar-refractivity contribution in [1.82, 2.24) is 15.1 Å². The lowest BCUT2D eigenvalue weighted by Crippen LogP contribution is -2.64. The van der Waals surface area contributed by atoms with E-state index >= 15 is 0 Å². The fraction of sp³-hybridized carbons (Fsp3) is 0.615. The summed E-state index contributed by atoms with van der Waals surface area (Å²) >= 11 is 0. The summed E-state index contributed by atoms with van der Waals surface area (Å²) in [6.07, 6.45) is 0.891. The monoisotopic (exact) mass is 279 g/mol. The van der Waals surface area contributed by atoms with Crippen LogP contribution in [-0.4, -0.2) is 33.7 Å². The number of imide groups is 1. The maximum absolute atomic E-state index is 12.1. The fourth-order valence-corrected chi connectivity index (χ4v) is 2.36. The van der Waals surface area contributed by atoms with E-state index in [1.165, 1.54) is 0 Å². The lowest BCUT2D eigenvalue weighted by Gasteiger charge is -2.41. The molecule has 1 aliphatic heterocycles. The summed E-state index contributed by atoms with van der Waals surface area (Å²) in [4.78, 5) is 25.5. The Bertz CT molecular complexity index is 561. The summed E-state index contributed by atoms with van der Waals surface area (Å²) in [6.45, 7) is 8.19. The minimum Gasteiger partial charge on any atom is -0.394 e. The van der Waals surface area contributed by atoms with Crippen molar-refractivity contribution in [1.29, 1.82) is 0 Å². The van der Waals surface area contributed by atoms with Crippen molar-refractivity contribution >= 4 is 23.3 Å². The Morgan fingerprint density at radius 3 is 2.65 bits per heavy atom. The van der Waals surface area contributed by atoms with Crippen LogP contribution >= 0.6 is 0 Å². The highest BCUT2D eigenvalue weighted by molar-refractivity contribution is 6.07. The van der Waals surface area contributed by atoms with Gasteiger partial charge in [-0.1, -0.05) is 6.92 Å². The van der Waals surface area contributed by atoms with Gasteiger partial charge in [0.1, 0.15) is 5.54 Å². The average molecular weight is 279 g/mol. The van der Waals surface area contributed by atoms with Crippen molar-refractivity contribution in [2.24, 2.45) is 0 Å². The van der Waals surface area contributed by atoms with Crippen molar-refractivity contribution in [2.45, 2.75) is 46.2 Å². The minimum atomic E-state index is -0.847. The molecule has 1 saturated heterocycles. The summed E-state index contributed by atoms with van der Waals surface area (Å²) < 4.78 is 1.78. The molecule has 110 valence electrons. The van der Waals surface area contributed by atoms with Crippen LogP contribution in [0.1, 0.15) is 32.9 Å². The van der Waals surface area contributed by atoms with E-state index in [0.29, 0.717) is 23.7 Å². The van der Waals surface area contributed by atoms with Gasteiger partial charge in [0.15, 0.2) is 5.82 Å². The van der Waals surface area contributed by atoms with Gasteiger partial charge in [0.25, 0.3) is 5.91 Å². The molecule has 0 aromatic carbocycles. The standard InChI is InChI=1S/C13H21N5O2/c1-5-6-18-11(10(14)8(2)16-18)17-7-9(19)15-12(20)13(17,3)4/h5-7,14H2,1-4H3,(H,15,19,20). The number of nitrogens with zero attached hydrogens (tertiary/aromatic N) is 3. The SMILES string of the molecule is CCCn1nc(C)c(N)c1N1CC(=O)NC(=O)C1(C)C. The van der Waals surface area contributed by atoms with Gasteiger partial charge >= 0.3 is 0 Å². The highest BCUT2D eigenvalue weighted by Gasteiger charge is 2.43. The number of aryl methyl sites for hydroxylation is 2. The Hall–Kier alpha value is -2.05. The summed E-state index contributed by atoms with van der Waals surface area (Å²) in [5, 5.41) is 6.75. The van der Waals surface area contributed by atoms with E-state index in [2.05, 4.69) is 10.4 Å². The van der Waals surface area contributed by atoms with Crippen LogP contribution in [0.5, 0.6) is 0 Å². The first-order chi connectivity index (χ1) is 9.28. The van der Waals surface area contributed by atoms with Gasteiger partial charge in [-0.15, -0.1) is 0 Å². The number of nitrogens with two attached hydrogens (primary N) is 1. The van der Waals surface area contributed by atoms with Crippen molar-refractivity contribution in [3.8, 4) is 0 Å². The maximum atomic E-state index is 12.1. The van der Waals surface area contributed by atoms with E-state index < -0.39 is 5.54 Å². The number of carbonyl (C=O) groups excluding carboxylic acids is 2. The van der Waals surface area contributed by atoms with Crippen LogP contribution < -0.4 is 16.0 Å². The smallest absolute Gasteiger partial charge is 0.251 e. The number of hydrogen-bond donors (Lipinski definition) is 2. The molecule has 0 unspecified atom stereocenters. The highest BCUT2D eigenvalue weighted by Crippen LogP contribution is 2.33. The number of anilines is 2. The first-order valence-electron chi connectivity index (χ1n) is 6.73. The second-order valence-electron chi connectivity index (χ2n) is 5.57. The predicted molar refractivity (Wildman–Crippen MR) is 76.2 cm³/mol. The van der Waals surface area contributed by atoms with Crippen LogP contribution in [-0.2, 0) is 16.1 Å². The number of carbonyl (C=O) groups is 2. The Labute approximate surface area is 118 Å². The van der Waals surface area contributed by atoms with Crippen LogP contribution in [0.4, 0.5) is 11.5 Å². The average Bonchev–Trinajstić information content (AvgIpc) is 2.61. The van der Waals surface area contributed by atoms with Crippen LogP contribution in [0.25, 0.3) is 0 Å². The van der Waals surface area contributed by atoms with E-state index in [1.54, 1.807) is 23.4 Å². The van der Waals surface area contributed by atoms with Crippen molar-refractivity contribution < 1.29 is 9.59 Å². The maximum Gasteiger partial charge on any atom is 0.251 e. The Balaban J connectivity index is 2.53. The second kappa shape index (κ2) is 4.81. The number of nitrogen functional groups attached to an aromatic ring is 1. The predicted octanol–water partition coefficient (Wildman–Crippen LogP) is 0.425. The zero-order chi connectivity index (χ0) is 15.1. The van der Waals surface area contributed by atoms with Crippen LogP contribution in [0.15, 0.2) is 0 Å². The summed E-state index contributed by atoms with van der Waals surface area (Å²) in [5.74, 6) is 0.00299.